The van der Waals surface area contributed by atoms with Crippen LogP contribution in [0.2, 0.25) is 0 Å². The van der Waals surface area contributed by atoms with Crippen molar-refractivity contribution in [3.8, 4) is 0 Å². The largest absolute Gasteiger partial charge is 0.368 e. The summed E-state index contributed by atoms with van der Waals surface area (Å²) in [5.74, 6) is 1.03. The number of rotatable bonds is 3. The summed E-state index contributed by atoms with van der Waals surface area (Å²) in [5.41, 5.74) is 11.4. The van der Waals surface area contributed by atoms with E-state index < -0.39 is 0 Å². The van der Waals surface area contributed by atoms with E-state index in [-0.39, 0.29) is 17.4 Å². The van der Waals surface area contributed by atoms with E-state index in [9.17, 15) is 0 Å². The molecule has 18 heavy (non-hydrogen) atoms. The monoisotopic (exact) mass is 251 g/mol. The van der Waals surface area contributed by atoms with Gasteiger partial charge in [0, 0.05) is 18.6 Å². The van der Waals surface area contributed by atoms with Crippen molar-refractivity contribution in [2.45, 2.75) is 31.8 Å². The molecule has 1 aromatic rings. The summed E-state index contributed by atoms with van der Waals surface area (Å²) in [7, 11) is 2.02. The lowest BCUT2D eigenvalue weighted by Gasteiger charge is -2.39. The molecule has 1 aromatic heterocycles. The molecule has 1 aliphatic heterocycles. The van der Waals surface area contributed by atoms with Gasteiger partial charge in [0.1, 0.15) is 5.82 Å². The number of hydrogen-bond acceptors (Lipinski definition) is 7. The third-order valence-electron chi connectivity index (χ3n) is 3.64. The van der Waals surface area contributed by atoms with Crippen LogP contribution in [0, 0.1) is 0 Å². The second-order valence-corrected chi connectivity index (χ2v) is 5.05. The maximum absolute atomic E-state index is 5.56. The summed E-state index contributed by atoms with van der Waals surface area (Å²) in [6, 6.07) is 0. The minimum atomic E-state index is 0.189. The molecular weight excluding hydrogens is 230 g/mol. The highest BCUT2D eigenvalue weighted by Crippen LogP contribution is 2.21. The molecule has 0 spiro atoms. The molecule has 1 fully saturated rings. The Bertz CT molecular complexity index is 392. The van der Waals surface area contributed by atoms with Crippen LogP contribution in [-0.2, 0) is 6.54 Å². The van der Waals surface area contributed by atoms with E-state index in [1.165, 1.54) is 0 Å². The molecule has 100 valence electrons. The van der Waals surface area contributed by atoms with Gasteiger partial charge >= 0.3 is 0 Å². The SMILES string of the molecule is CNC1(C)CCN(Cc2nc(N)nc(N)n2)CC1. The zero-order valence-electron chi connectivity index (χ0n) is 11.0. The summed E-state index contributed by atoms with van der Waals surface area (Å²) >= 11 is 0. The summed E-state index contributed by atoms with van der Waals surface area (Å²) in [6.07, 6.45) is 2.22. The fourth-order valence-corrected chi connectivity index (χ4v) is 2.18. The minimum absolute atomic E-state index is 0.189. The maximum atomic E-state index is 5.56. The molecule has 0 saturated carbocycles. The van der Waals surface area contributed by atoms with Crippen LogP contribution in [-0.4, -0.2) is 45.5 Å². The second kappa shape index (κ2) is 5.03. The topological polar surface area (TPSA) is 106 Å². The van der Waals surface area contributed by atoms with E-state index in [4.69, 9.17) is 11.5 Å². The Labute approximate surface area is 107 Å². The van der Waals surface area contributed by atoms with E-state index in [1.807, 2.05) is 7.05 Å². The van der Waals surface area contributed by atoms with Crippen molar-refractivity contribution in [2.24, 2.45) is 0 Å². The van der Waals surface area contributed by atoms with Gasteiger partial charge in [0.25, 0.3) is 0 Å². The summed E-state index contributed by atoms with van der Waals surface area (Å²) in [5, 5.41) is 3.38. The Hall–Kier alpha value is -1.47. The predicted molar refractivity (Wildman–Crippen MR) is 70.6 cm³/mol. The van der Waals surface area contributed by atoms with Gasteiger partial charge in [-0.1, -0.05) is 0 Å². The molecule has 2 rings (SSSR count). The summed E-state index contributed by atoms with van der Waals surface area (Å²) < 4.78 is 0. The standard InChI is InChI=1S/C11H21N7/c1-11(14-2)3-5-18(6-4-11)7-8-15-9(12)17-10(13)16-8/h14H,3-7H2,1-2H3,(H4,12,13,15,16,17). The fourth-order valence-electron chi connectivity index (χ4n) is 2.18. The maximum Gasteiger partial charge on any atom is 0.225 e. The molecule has 0 radical (unpaired) electrons. The minimum Gasteiger partial charge on any atom is -0.368 e. The van der Waals surface area contributed by atoms with Crippen LogP contribution in [0.3, 0.4) is 0 Å². The molecule has 1 aliphatic rings. The Kier molecular flexibility index (Phi) is 3.63. The van der Waals surface area contributed by atoms with Crippen molar-refractivity contribution >= 4 is 11.9 Å². The molecule has 0 aromatic carbocycles. The Balaban J connectivity index is 1.95. The molecule has 7 heteroatoms. The van der Waals surface area contributed by atoms with Gasteiger partial charge in [-0.3, -0.25) is 4.90 Å². The first-order valence-electron chi connectivity index (χ1n) is 6.18. The predicted octanol–water partition coefficient (Wildman–Crippen LogP) is -0.390. The number of aromatic nitrogens is 3. The first-order chi connectivity index (χ1) is 8.50. The normalized spacial score (nSPS) is 19.9. The van der Waals surface area contributed by atoms with Crippen LogP contribution in [0.25, 0.3) is 0 Å². The van der Waals surface area contributed by atoms with Crippen molar-refractivity contribution < 1.29 is 0 Å². The van der Waals surface area contributed by atoms with Gasteiger partial charge in [-0.15, -0.1) is 0 Å². The Morgan fingerprint density at radius 2 is 1.72 bits per heavy atom. The molecule has 0 unspecified atom stereocenters. The van der Waals surface area contributed by atoms with Gasteiger partial charge < -0.3 is 16.8 Å². The van der Waals surface area contributed by atoms with Gasteiger partial charge in [-0.2, -0.15) is 15.0 Å². The van der Waals surface area contributed by atoms with Gasteiger partial charge in [-0.05, 0) is 26.8 Å². The molecule has 2 heterocycles. The van der Waals surface area contributed by atoms with E-state index in [1.54, 1.807) is 0 Å². The molecule has 7 nitrogen and oxygen atoms in total. The first-order valence-corrected chi connectivity index (χ1v) is 6.18. The zero-order chi connectivity index (χ0) is 13.2. The first kappa shape index (κ1) is 13.0. The molecule has 0 atom stereocenters. The molecule has 5 N–H and O–H groups in total. The Morgan fingerprint density at radius 1 is 1.17 bits per heavy atom. The molecule has 0 aliphatic carbocycles. The van der Waals surface area contributed by atoms with Crippen LogP contribution >= 0.6 is 0 Å². The second-order valence-electron chi connectivity index (χ2n) is 5.05. The van der Waals surface area contributed by atoms with E-state index in [2.05, 4.69) is 32.1 Å². The summed E-state index contributed by atoms with van der Waals surface area (Å²) in [6.45, 7) is 4.96. The van der Waals surface area contributed by atoms with Crippen molar-refractivity contribution in [3.05, 3.63) is 5.82 Å². The van der Waals surface area contributed by atoms with Crippen molar-refractivity contribution in [1.29, 1.82) is 0 Å². The highest BCUT2D eigenvalue weighted by Gasteiger charge is 2.28. The lowest BCUT2D eigenvalue weighted by molar-refractivity contribution is 0.143. The summed E-state index contributed by atoms with van der Waals surface area (Å²) in [4.78, 5) is 14.3. The van der Waals surface area contributed by atoms with Crippen LogP contribution in [0.4, 0.5) is 11.9 Å². The van der Waals surface area contributed by atoms with E-state index in [0.29, 0.717) is 12.4 Å². The highest BCUT2D eigenvalue weighted by atomic mass is 15.2. The van der Waals surface area contributed by atoms with Gasteiger partial charge in [0.05, 0.1) is 6.54 Å². The number of nitrogens with zero attached hydrogens (tertiary/aromatic N) is 4. The van der Waals surface area contributed by atoms with Crippen molar-refractivity contribution in [2.75, 3.05) is 31.6 Å². The molecular formula is C11H21N7. The zero-order valence-corrected chi connectivity index (χ0v) is 11.0. The van der Waals surface area contributed by atoms with Crippen molar-refractivity contribution in [1.82, 2.24) is 25.2 Å². The third kappa shape index (κ3) is 3.05. The number of nitrogens with two attached hydrogens (primary N) is 2. The number of anilines is 2. The lowest BCUT2D eigenvalue weighted by atomic mass is 9.90. The molecule has 0 bridgehead atoms. The third-order valence-corrected chi connectivity index (χ3v) is 3.64. The van der Waals surface area contributed by atoms with Gasteiger partial charge in [0.15, 0.2) is 0 Å². The fraction of sp³-hybridized carbons (Fsp3) is 0.727. The van der Waals surface area contributed by atoms with Crippen LogP contribution < -0.4 is 16.8 Å². The number of nitrogen functional groups attached to an aromatic ring is 2. The van der Waals surface area contributed by atoms with E-state index >= 15 is 0 Å². The number of piperidine rings is 1. The Morgan fingerprint density at radius 3 is 2.22 bits per heavy atom. The van der Waals surface area contributed by atoms with Crippen LogP contribution in [0.15, 0.2) is 0 Å². The smallest absolute Gasteiger partial charge is 0.225 e. The number of hydrogen-bond donors (Lipinski definition) is 3. The highest BCUT2D eigenvalue weighted by molar-refractivity contribution is 5.25. The lowest BCUT2D eigenvalue weighted by Crippen LogP contribution is -2.49. The van der Waals surface area contributed by atoms with Gasteiger partial charge in [-0.25, -0.2) is 0 Å². The number of likely N-dealkylation sites (tertiary alicyclic amines) is 1. The van der Waals surface area contributed by atoms with Crippen molar-refractivity contribution in [3.63, 3.8) is 0 Å². The van der Waals surface area contributed by atoms with E-state index in [0.717, 1.165) is 25.9 Å². The van der Waals surface area contributed by atoms with Crippen LogP contribution in [0.5, 0.6) is 0 Å². The van der Waals surface area contributed by atoms with Gasteiger partial charge in [0.2, 0.25) is 11.9 Å². The average molecular weight is 251 g/mol. The quantitative estimate of drug-likeness (QED) is 0.671. The number of nitrogens with one attached hydrogen (secondary N) is 1. The van der Waals surface area contributed by atoms with Crippen LogP contribution in [0.1, 0.15) is 25.6 Å². The molecule has 1 saturated heterocycles. The average Bonchev–Trinajstić information content (AvgIpc) is 2.31. The molecule has 0 amide bonds.